The highest BCUT2D eigenvalue weighted by Gasteiger charge is 2.13. The molecule has 2 heteroatoms. The average Bonchev–Trinajstić information content (AvgIpc) is 2.42. The van der Waals surface area contributed by atoms with Crippen LogP contribution in [0, 0.1) is 26.6 Å². The molecule has 0 spiro atoms. The third-order valence-electron chi connectivity index (χ3n) is 3.57. The standard InChI is InChI=1S/C18H16FN/c1-11-8-12(2)10-14(9-11)18-17(19)13(3)15-6-4-5-7-16(15)20-18/h4-10H,1-3H3. The number of hydrogen-bond donors (Lipinski definition) is 0. The van der Waals surface area contributed by atoms with Gasteiger partial charge in [0, 0.05) is 10.9 Å². The molecule has 0 aliphatic rings. The van der Waals surface area contributed by atoms with E-state index in [2.05, 4.69) is 11.1 Å². The number of para-hydroxylation sites is 1. The summed E-state index contributed by atoms with van der Waals surface area (Å²) in [5.41, 5.74) is 5.01. The molecule has 0 N–H and O–H groups in total. The van der Waals surface area contributed by atoms with Crippen molar-refractivity contribution in [1.82, 2.24) is 4.98 Å². The van der Waals surface area contributed by atoms with Gasteiger partial charge in [0.25, 0.3) is 0 Å². The molecule has 2 aromatic carbocycles. The zero-order valence-corrected chi connectivity index (χ0v) is 11.9. The van der Waals surface area contributed by atoms with Crippen LogP contribution in [-0.2, 0) is 0 Å². The smallest absolute Gasteiger partial charge is 0.153 e. The molecular formula is C18H16FN. The minimum atomic E-state index is -0.228. The number of nitrogens with zero attached hydrogens (tertiary/aromatic N) is 1. The van der Waals surface area contributed by atoms with Gasteiger partial charge in [-0.05, 0) is 44.5 Å². The maximum atomic E-state index is 14.6. The molecule has 0 unspecified atom stereocenters. The van der Waals surface area contributed by atoms with Gasteiger partial charge in [-0.25, -0.2) is 9.37 Å². The number of hydrogen-bond acceptors (Lipinski definition) is 1. The summed E-state index contributed by atoms with van der Waals surface area (Å²) in [6.07, 6.45) is 0. The second kappa shape index (κ2) is 4.71. The minimum absolute atomic E-state index is 0.228. The van der Waals surface area contributed by atoms with Crippen molar-refractivity contribution in [2.45, 2.75) is 20.8 Å². The molecule has 0 atom stereocenters. The lowest BCUT2D eigenvalue weighted by molar-refractivity contribution is 0.619. The van der Waals surface area contributed by atoms with Crippen LogP contribution >= 0.6 is 0 Å². The van der Waals surface area contributed by atoms with Gasteiger partial charge in [0.15, 0.2) is 5.82 Å². The SMILES string of the molecule is Cc1cc(C)cc(-c2nc3ccccc3c(C)c2F)c1. The fourth-order valence-corrected chi connectivity index (χ4v) is 2.66. The number of aromatic nitrogens is 1. The number of benzene rings is 2. The van der Waals surface area contributed by atoms with Gasteiger partial charge in [0.1, 0.15) is 5.69 Å². The van der Waals surface area contributed by atoms with Crippen LogP contribution in [0.5, 0.6) is 0 Å². The minimum Gasteiger partial charge on any atom is -0.245 e. The Morgan fingerprint density at radius 1 is 0.900 bits per heavy atom. The lowest BCUT2D eigenvalue weighted by Crippen LogP contribution is -1.96. The first kappa shape index (κ1) is 12.8. The Morgan fingerprint density at radius 2 is 1.55 bits per heavy atom. The lowest BCUT2D eigenvalue weighted by atomic mass is 10.0. The average molecular weight is 265 g/mol. The molecule has 0 radical (unpaired) electrons. The van der Waals surface area contributed by atoms with E-state index < -0.39 is 0 Å². The van der Waals surface area contributed by atoms with Gasteiger partial charge in [-0.2, -0.15) is 0 Å². The van der Waals surface area contributed by atoms with E-state index in [0.717, 1.165) is 27.6 Å². The molecule has 3 rings (SSSR count). The molecule has 1 nitrogen and oxygen atoms in total. The van der Waals surface area contributed by atoms with E-state index in [-0.39, 0.29) is 5.82 Å². The zero-order chi connectivity index (χ0) is 14.3. The molecule has 0 saturated carbocycles. The topological polar surface area (TPSA) is 12.9 Å². The Balaban J connectivity index is 2.33. The molecule has 0 fully saturated rings. The van der Waals surface area contributed by atoms with Crippen LogP contribution in [0.2, 0.25) is 0 Å². The Morgan fingerprint density at radius 3 is 2.25 bits per heavy atom. The van der Waals surface area contributed by atoms with Crippen molar-refractivity contribution < 1.29 is 4.39 Å². The van der Waals surface area contributed by atoms with Crippen LogP contribution in [-0.4, -0.2) is 4.98 Å². The summed E-state index contributed by atoms with van der Waals surface area (Å²) >= 11 is 0. The molecule has 0 saturated heterocycles. The Labute approximate surface area is 118 Å². The molecule has 0 bridgehead atoms. The van der Waals surface area contributed by atoms with Gasteiger partial charge in [0.05, 0.1) is 5.52 Å². The monoisotopic (exact) mass is 265 g/mol. The van der Waals surface area contributed by atoms with E-state index in [9.17, 15) is 4.39 Å². The fourth-order valence-electron chi connectivity index (χ4n) is 2.66. The molecule has 20 heavy (non-hydrogen) atoms. The second-order valence-corrected chi connectivity index (χ2v) is 5.29. The van der Waals surface area contributed by atoms with Gasteiger partial charge in [-0.15, -0.1) is 0 Å². The first-order valence-corrected chi connectivity index (χ1v) is 6.70. The van der Waals surface area contributed by atoms with E-state index >= 15 is 0 Å². The van der Waals surface area contributed by atoms with Gasteiger partial charge < -0.3 is 0 Å². The second-order valence-electron chi connectivity index (χ2n) is 5.29. The van der Waals surface area contributed by atoms with Crippen molar-refractivity contribution in [3.8, 4) is 11.3 Å². The molecule has 3 aromatic rings. The van der Waals surface area contributed by atoms with Crippen LogP contribution < -0.4 is 0 Å². The van der Waals surface area contributed by atoms with Crippen molar-refractivity contribution in [3.63, 3.8) is 0 Å². The van der Waals surface area contributed by atoms with Crippen LogP contribution in [0.25, 0.3) is 22.2 Å². The largest absolute Gasteiger partial charge is 0.245 e. The first-order valence-electron chi connectivity index (χ1n) is 6.70. The van der Waals surface area contributed by atoms with Crippen molar-refractivity contribution in [2.75, 3.05) is 0 Å². The quantitative estimate of drug-likeness (QED) is 0.605. The Kier molecular flexibility index (Phi) is 3.01. The van der Waals surface area contributed by atoms with Gasteiger partial charge in [-0.3, -0.25) is 0 Å². The fraction of sp³-hybridized carbons (Fsp3) is 0.167. The first-order chi connectivity index (χ1) is 9.56. The number of fused-ring (bicyclic) bond motifs is 1. The summed E-state index contributed by atoms with van der Waals surface area (Å²) in [5, 5.41) is 0.873. The normalized spacial score (nSPS) is 11.0. The van der Waals surface area contributed by atoms with Crippen LogP contribution in [0.15, 0.2) is 42.5 Å². The van der Waals surface area contributed by atoms with Crippen molar-refractivity contribution in [2.24, 2.45) is 0 Å². The van der Waals surface area contributed by atoms with Crippen LogP contribution in [0.3, 0.4) is 0 Å². The van der Waals surface area contributed by atoms with Crippen LogP contribution in [0.4, 0.5) is 4.39 Å². The van der Waals surface area contributed by atoms with Crippen molar-refractivity contribution >= 4 is 10.9 Å². The lowest BCUT2D eigenvalue weighted by Gasteiger charge is -2.10. The van der Waals surface area contributed by atoms with E-state index in [4.69, 9.17) is 0 Å². The zero-order valence-electron chi connectivity index (χ0n) is 11.9. The highest BCUT2D eigenvalue weighted by Crippen LogP contribution is 2.29. The number of rotatable bonds is 1. The number of halogens is 1. The Hall–Kier alpha value is -2.22. The van der Waals surface area contributed by atoms with E-state index in [0.29, 0.717) is 11.3 Å². The molecule has 100 valence electrons. The summed E-state index contributed by atoms with van der Waals surface area (Å²) in [7, 11) is 0. The van der Waals surface area contributed by atoms with E-state index in [1.807, 2.05) is 57.2 Å². The Bertz CT molecular complexity index is 786. The highest BCUT2D eigenvalue weighted by atomic mass is 19.1. The van der Waals surface area contributed by atoms with E-state index in [1.54, 1.807) is 0 Å². The summed E-state index contributed by atoms with van der Waals surface area (Å²) < 4.78 is 14.6. The van der Waals surface area contributed by atoms with Gasteiger partial charge in [-0.1, -0.05) is 35.4 Å². The summed E-state index contributed by atoms with van der Waals surface area (Å²) in [4.78, 5) is 4.51. The molecule has 0 amide bonds. The highest BCUT2D eigenvalue weighted by molar-refractivity contribution is 5.85. The summed E-state index contributed by atoms with van der Waals surface area (Å²) in [5.74, 6) is -0.228. The number of pyridine rings is 1. The molecule has 0 aliphatic carbocycles. The summed E-state index contributed by atoms with van der Waals surface area (Å²) in [6, 6.07) is 13.7. The maximum absolute atomic E-state index is 14.6. The summed E-state index contributed by atoms with van der Waals surface area (Å²) in [6.45, 7) is 5.84. The molecule has 0 aliphatic heterocycles. The predicted molar refractivity (Wildman–Crippen MR) is 81.3 cm³/mol. The molecule has 1 heterocycles. The molecule has 1 aromatic heterocycles. The van der Waals surface area contributed by atoms with Crippen molar-refractivity contribution in [3.05, 3.63) is 65.0 Å². The number of aryl methyl sites for hydroxylation is 3. The van der Waals surface area contributed by atoms with Crippen molar-refractivity contribution in [1.29, 1.82) is 0 Å². The predicted octanol–water partition coefficient (Wildman–Crippen LogP) is 4.97. The molecular weight excluding hydrogens is 249 g/mol. The third-order valence-corrected chi connectivity index (χ3v) is 3.57. The third kappa shape index (κ3) is 2.07. The maximum Gasteiger partial charge on any atom is 0.153 e. The van der Waals surface area contributed by atoms with E-state index in [1.165, 1.54) is 0 Å². The van der Waals surface area contributed by atoms with Gasteiger partial charge in [0.2, 0.25) is 0 Å². The van der Waals surface area contributed by atoms with Gasteiger partial charge >= 0.3 is 0 Å². The van der Waals surface area contributed by atoms with Crippen LogP contribution in [0.1, 0.15) is 16.7 Å².